The van der Waals surface area contributed by atoms with Crippen LogP contribution in [-0.2, 0) is 6.42 Å². The lowest BCUT2D eigenvalue weighted by Crippen LogP contribution is -1.92. The van der Waals surface area contributed by atoms with Gasteiger partial charge in [-0.3, -0.25) is 4.99 Å². The minimum atomic E-state index is 0.120. The van der Waals surface area contributed by atoms with Crippen molar-refractivity contribution >= 4 is 23.5 Å². The topological polar surface area (TPSA) is 52.8 Å². The number of aromatic hydroxyl groups is 2. The van der Waals surface area contributed by atoms with E-state index >= 15 is 0 Å². The second-order valence-electron chi connectivity index (χ2n) is 6.98. The van der Waals surface area contributed by atoms with Gasteiger partial charge in [0.1, 0.15) is 17.2 Å². The summed E-state index contributed by atoms with van der Waals surface area (Å²) in [5.74, 6) is 0.654. The molecule has 3 aromatic carbocycles. The van der Waals surface area contributed by atoms with E-state index in [0.717, 1.165) is 28.1 Å². The van der Waals surface area contributed by atoms with Gasteiger partial charge in [0.25, 0.3) is 0 Å². The molecule has 4 heteroatoms. The lowest BCUT2D eigenvalue weighted by molar-refractivity contribution is 0.473. The largest absolute Gasteiger partial charge is 0.507 e. The number of aliphatic imine (C=N–C) groups is 1. The van der Waals surface area contributed by atoms with Crippen LogP contribution in [0.5, 0.6) is 11.5 Å². The van der Waals surface area contributed by atoms with E-state index in [1.807, 2.05) is 48.5 Å². The predicted octanol–water partition coefficient (Wildman–Crippen LogP) is 6.61. The standard InChI is InChI=1S/C24H24ClNO2/c1-3-16(2)18-9-11-24(28)22(14-18)26-15-20-13-17(8-10-23(20)27)12-19-6-4-5-7-21(19)25/h4-11,13-16,27-28H,3,12H2,1-2H3/t16-/m1/s1. The molecule has 0 aliphatic rings. The van der Waals surface area contributed by atoms with Crippen molar-refractivity contribution in [3.63, 3.8) is 0 Å². The highest BCUT2D eigenvalue weighted by atomic mass is 35.5. The minimum Gasteiger partial charge on any atom is -0.507 e. The van der Waals surface area contributed by atoms with Crippen molar-refractivity contribution in [3.05, 3.63) is 87.9 Å². The number of nitrogens with zero attached hydrogens (tertiary/aromatic N) is 1. The summed E-state index contributed by atoms with van der Waals surface area (Å²) in [6, 6.07) is 18.6. The molecule has 3 aromatic rings. The first kappa shape index (κ1) is 20.0. The van der Waals surface area contributed by atoms with Gasteiger partial charge in [-0.1, -0.05) is 55.8 Å². The zero-order valence-electron chi connectivity index (χ0n) is 16.1. The van der Waals surface area contributed by atoms with Crippen LogP contribution >= 0.6 is 11.6 Å². The number of phenolic OH excluding ortho intramolecular Hbond substituents is 2. The molecule has 0 aliphatic carbocycles. The molecule has 144 valence electrons. The van der Waals surface area contributed by atoms with Crippen molar-refractivity contribution in [1.29, 1.82) is 0 Å². The number of halogens is 1. The summed E-state index contributed by atoms with van der Waals surface area (Å²) in [6.45, 7) is 4.27. The van der Waals surface area contributed by atoms with E-state index in [1.54, 1.807) is 18.3 Å². The number of hydrogen-bond donors (Lipinski definition) is 2. The van der Waals surface area contributed by atoms with E-state index in [-0.39, 0.29) is 11.5 Å². The molecule has 0 radical (unpaired) electrons. The average molecular weight is 394 g/mol. The zero-order valence-corrected chi connectivity index (χ0v) is 16.8. The molecule has 0 aromatic heterocycles. The van der Waals surface area contributed by atoms with Crippen molar-refractivity contribution in [2.24, 2.45) is 4.99 Å². The monoisotopic (exact) mass is 393 g/mol. The summed E-state index contributed by atoms with van der Waals surface area (Å²) < 4.78 is 0. The number of benzene rings is 3. The Balaban J connectivity index is 1.87. The normalized spacial score (nSPS) is 12.4. The quantitative estimate of drug-likeness (QED) is 0.463. The zero-order chi connectivity index (χ0) is 20.1. The molecular weight excluding hydrogens is 370 g/mol. The molecule has 0 spiro atoms. The van der Waals surface area contributed by atoms with Crippen LogP contribution in [-0.4, -0.2) is 16.4 Å². The second kappa shape index (κ2) is 8.94. The first-order valence-corrected chi connectivity index (χ1v) is 9.78. The third kappa shape index (κ3) is 4.73. The Hall–Kier alpha value is -2.78. The summed E-state index contributed by atoms with van der Waals surface area (Å²) >= 11 is 6.25. The lowest BCUT2D eigenvalue weighted by Gasteiger charge is -2.10. The highest BCUT2D eigenvalue weighted by molar-refractivity contribution is 6.31. The Morgan fingerprint density at radius 2 is 1.75 bits per heavy atom. The Bertz CT molecular complexity index is 998. The lowest BCUT2D eigenvalue weighted by atomic mass is 9.98. The Labute approximate surface area is 171 Å². The van der Waals surface area contributed by atoms with E-state index in [0.29, 0.717) is 23.6 Å². The summed E-state index contributed by atoms with van der Waals surface area (Å²) in [5.41, 5.74) is 4.26. The van der Waals surface area contributed by atoms with Crippen molar-refractivity contribution < 1.29 is 10.2 Å². The van der Waals surface area contributed by atoms with Crippen LogP contribution in [0.25, 0.3) is 0 Å². The van der Waals surface area contributed by atoms with Gasteiger partial charge in [0.15, 0.2) is 0 Å². The van der Waals surface area contributed by atoms with E-state index in [2.05, 4.69) is 18.8 Å². The van der Waals surface area contributed by atoms with Crippen molar-refractivity contribution in [1.82, 2.24) is 0 Å². The SMILES string of the molecule is CC[C@@H](C)c1ccc(O)c(N=Cc2cc(Cc3ccccc3Cl)ccc2O)c1. The van der Waals surface area contributed by atoms with Gasteiger partial charge in [0, 0.05) is 16.8 Å². The van der Waals surface area contributed by atoms with Crippen LogP contribution in [0.4, 0.5) is 5.69 Å². The fourth-order valence-corrected chi connectivity index (χ4v) is 3.21. The molecule has 0 saturated carbocycles. The molecule has 3 nitrogen and oxygen atoms in total. The van der Waals surface area contributed by atoms with Gasteiger partial charge in [-0.05, 0) is 65.8 Å². The number of hydrogen-bond acceptors (Lipinski definition) is 3. The minimum absolute atomic E-state index is 0.120. The fourth-order valence-electron chi connectivity index (χ4n) is 3.00. The van der Waals surface area contributed by atoms with Crippen LogP contribution in [0.1, 0.15) is 48.4 Å². The molecule has 0 amide bonds. The highest BCUT2D eigenvalue weighted by Gasteiger charge is 2.08. The first-order valence-electron chi connectivity index (χ1n) is 9.40. The van der Waals surface area contributed by atoms with E-state index < -0.39 is 0 Å². The van der Waals surface area contributed by atoms with Gasteiger partial charge in [-0.25, -0.2) is 0 Å². The summed E-state index contributed by atoms with van der Waals surface area (Å²) in [6.07, 6.45) is 3.26. The first-order chi connectivity index (χ1) is 13.5. The molecule has 28 heavy (non-hydrogen) atoms. The molecule has 3 rings (SSSR count). The Morgan fingerprint density at radius 1 is 1.00 bits per heavy atom. The molecule has 0 unspecified atom stereocenters. The predicted molar refractivity (Wildman–Crippen MR) is 116 cm³/mol. The maximum Gasteiger partial charge on any atom is 0.141 e. The van der Waals surface area contributed by atoms with Crippen molar-refractivity contribution in [2.75, 3.05) is 0 Å². The second-order valence-corrected chi connectivity index (χ2v) is 7.38. The van der Waals surface area contributed by atoms with E-state index in [9.17, 15) is 10.2 Å². The maximum absolute atomic E-state index is 10.2. The van der Waals surface area contributed by atoms with Gasteiger partial charge in [-0.15, -0.1) is 0 Å². The molecule has 1 atom stereocenters. The Kier molecular flexibility index (Phi) is 6.37. The average Bonchev–Trinajstić information content (AvgIpc) is 2.70. The molecule has 0 bridgehead atoms. The summed E-state index contributed by atoms with van der Waals surface area (Å²) in [4.78, 5) is 4.42. The Morgan fingerprint density at radius 3 is 2.50 bits per heavy atom. The van der Waals surface area contributed by atoms with Gasteiger partial charge >= 0.3 is 0 Å². The van der Waals surface area contributed by atoms with Gasteiger partial charge in [-0.2, -0.15) is 0 Å². The van der Waals surface area contributed by atoms with E-state index in [4.69, 9.17) is 11.6 Å². The molecule has 0 fully saturated rings. The maximum atomic E-state index is 10.2. The molecule has 0 aliphatic heterocycles. The number of phenols is 2. The van der Waals surface area contributed by atoms with E-state index in [1.165, 1.54) is 0 Å². The van der Waals surface area contributed by atoms with Crippen LogP contribution in [0, 0.1) is 0 Å². The summed E-state index contributed by atoms with van der Waals surface area (Å²) in [5, 5.41) is 21.0. The fraction of sp³-hybridized carbons (Fsp3) is 0.208. The highest BCUT2D eigenvalue weighted by Crippen LogP contribution is 2.31. The summed E-state index contributed by atoms with van der Waals surface area (Å²) in [7, 11) is 0. The van der Waals surface area contributed by atoms with Gasteiger partial charge in [0.2, 0.25) is 0 Å². The molecule has 0 heterocycles. The van der Waals surface area contributed by atoms with Crippen LogP contribution < -0.4 is 0 Å². The smallest absolute Gasteiger partial charge is 0.141 e. The van der Waals surface area contributed by atoms with Gasteiger partial charge in [0.05, 0.1) is 0 Å². The van der Waals surface area contributed by atoms with Crippen molar-refractivity contribution in [3.8, 4) is 11.5 Å². The van der Waals surface area contributed by atoms with Crippen LogP contribution in [0.15, 0.2) is 65.7 Å². The van der Waals surface area contributed by atoms with Crippen LogP contribution in [0.3, 0.4) is 0 Å². The van der Waals surface area contributed by atoms with Crippen LogP contribution in [0.2, 0.25) is 5.02 Å². The van der Waals surface area contributed by atoms with Crippen molar-refractivity contribution in [2.45, 2.75) is 32.6 Å². The molecule has 2 N–H and O–H groups in total. The molecular formula is C24H24ClNO2. The molecule has 0 saturated heterocycles. The van der Waals surface area contributed by atoms with Gasteiger partial charge < -0.3 is 10.2 Å². The number of rotatable bonds is 6. The third-order valence-corrected chi connectivity index (χ3v) is 5.34. The third-order valence-electron chi connectivity index (χ3n) is 4.97.